The number of rotatable bonds is 6. The number of carbonyl (C=O) groups is 1. The molecular formula is C17H19FN2O3S. The average molecular weight is 350 g/mol. The lowest BCUT2D eigenvalue weighted by molar-refractivity contribution is -0.123. The molecule has 5 nitrogen and oxygen atoms in total. The van der Waals surface area contributed by atoms with Crippen molar-refractivity contribution in [3.05, 3.63) is 60.2 Å². The zero-order valence-corrected chi connectivity index (χ0v) is 14.3. The molecule has 1 aromatic heterocycles. The molecule has 1 N–H and O–H groups in total. The van der Waals surface area contributed by atoms with Crippen LogP contribution in [0, 0.1) is 11.7 Å². The van der Waals surface area contributed by atoms with Crippen LogP contribution in [0.2, 0.25) is 0 Å². The number of nitrogens with zero attached hydrogens (tertiary/aromatic N) is 1. The molecule has 0 unspecified atom stereocenters. The molecular weight excluding hydrogens is 331 g/mol. The number of carbonyl (C=O) groups excluding carboxylic acids is 1. The Bertz CT molecular complexity index is 790. The lowest BCUT2D eigenvalue weighted by Crippen LogP contribution is -2.34. The van der Waals surface area contributed by atoms with Crippen LogP contribution in [0.1, 0.15) is 24.7 Å². The van der Waals surface area contributed by atoms with E-state index in [1.807, 2.05) is 0 Å². The summed E-state index contributed by atoms with van der Waals surface area (Å²) in [7, 11) is -3.81. The number of sulfone groups is 1. The van der Waals surface area contributed by atoms with Gasteiger partial charge in [-0.15, -0.1) is 0 Å². The Labute approximate surface area is 140 Å². The molecule has 1 aromatic carbocycles. The average Bonchev–Trinajstić information content (AvgIpc) is 2.56. The van der Waals surface area contributed by atoms with Crippen LogP contribution in [0.4, 0.5) is 4.39 Å². The van der Waals surface area contributed by atoms with Crippen molar-refractivity contribution >= 4 is 15.7 Å². The van der Waals surface area contributed by atoms with Crippen LogP contribution in [-0.2, 0) is 14.6 Å². The number of hydrogen-bond acceptors (Lipinski definition) is 4. The minimum Gasteiger partial charge on any atom is -0.354 e. The number of halogens is 1. The summed E-state index contributed by atoms with van der Waals surface area (Å²) in [6.07, 6.45) is 2.99. The van der Waals surface area contributed by atoms with Crippen LogP contribution in [0.15, 0.2) is 53.7 Å². The van der Waals surface area contributed by atoms with Gasteiger partial charge in [-0.1, -0.05) is 19.9 Å². The van der Waals surface area contributed by atoms with Crippen molar-refractivity contribution in [3.63, 3.8) is 0 Å². The van der Waals surface area contributed by atoms with E-state index in [4.69, 9.17) is 0 Å². The molecule has 1 amide bonds. The maximum absolute atomic E-state index is 13.1. The van der Waals surface area contributed by atoms with E-state index < -0.39 is 20.9 Å². The van der Waals surface area contributed by atoms with Gasteiger partial charge in [-0.05, 0) is 35.9 Å². The molecule has 2 aromatic rings. The quantitative estimate of drug-likeness (QED) is 0.812. The predicted molar refractivity (Wildman–Crippen MR) is 88.4 cm³/mol. The van der Waals surface area contributed by atoms with Gasteiger partial charge < -0.3 is 5.32 Å². The molecule has 0 saturated carbocycles. The third-order valence-electron chi connectivity index (χ3n) is 3.56. The first-order chi connectivity index (χ1) is 11.3. The molecule has 0 spiro atoms. The van der Waals surface area contributed by atoms with Gasteiger partial charge in [-0.2, -0.15) is 0 Å². The number of amides is 1. The Morgan fingerprint density at radius 1 is 1.21 bits per heavy atom. The van der Waals surface area contributed by atoms with Crippen LogP contribution >= 0.6 is 0 Å². The molecule has 1 atom stereocenters. The lowest BCUT2D eigenvalue weighted by atomic mass is 10.2. The summed E-state index contributed by atoms with van der Waals surface area (Å²) < 4.78 is 38.9. The summed E-state index contributed by atoms with van der Waals surface area (Å²) in [4.78, 5) is 15.8. The second-order valence-corrected chi connectivity index (χ2v) is 7.80. The van der Waals surface area contributed by atoms with Gasteiger partial charge in [0.25, 0.3) is 0 Å². The summed E-state index contributed by atoms with van der Waals surface area (Å²) in [6.45, 7) is 3.37. The summed E-state index contributed by atoms with van der Waals surface area (Å²) >= 11 is 0. The van der Waals surface area contributed by atoms with Crippen LogP contribution in [0.5, 0.6) is 0 Å². The van der Waals surface area contributed by atoms with Gasteiger partial charge in [0.05, 0.1) is 4.90 Å². The monoisotopic (exact) mass is 350 g/mol. The fraction of sp³-hybridized carbons (Fsp3) is 0.294. The van der Waals surface area contributed by atoms with Crippen LogP contribution in [0.25, 0.3) is 0 Å². The molecule has 24 heavy (non-hydrogen) atoms. The molecule has 0 aliphatic rings. The molecule has 1 heterocycles. The van der Waals surface area contributed by atoms with E-state index in [0.29, 0.717) is 5.56 Å². The van der Waals surface area contributed by atoms with Gasteiger partial charge in [0.15, 0.2) is 9.84 Å². The largest absolute Gasteiger partial charge is 0.354 e. The highest BCUT2D eigenvalue weighted by Gasteiger charge is 2.30. The molecule has 128 valence electrons. The van der Waals surface area contributed by atoms with Crippen LogP contribution in [-0.4, -0.2) is 25.9 Å². The zero-order valence-electron chi connectivity index (χ0n) is 13.4. The van der Waals surface area contributed by atoms with Gasteiger partial charge in [-0.25, -0.2) is 12.8 Å². The molecule has 0 aliphatic heterocycles. The number of nitrogens with one attached hydrogen (secondary N) is 1. The lowest BCUT2D eigenvalue weighted by Gasteiger charge is -2.19. The maximum atomic E-state index is 13.1. The number of hydrogen-bond donors (Lipinski definition) is 1. The van der Waals surface area contributed by atoms with E-state index in [2.05, 4.69) is 10.3 Å². The highest BCUT2D eigenvalue weighted by Crippen LogP contribution is 2.28. The van der Waals surface area contributed by atoms with Crippen molar-refractivity contribution in [1.82, 2.24) is 10.3 Å². The Morgan fingerprint density at radius 2 is 1.88 bits per heavy atom. The van der Waals surface area contributed by atoms with Gasteiger partial charge in [0, 0.05) is 24.9 Å². The summed E-state index contributed by atoms with van der Waals surface area (Å²) in [5, 5.41) is 1.65. The fourth-order valence-electron chi connectivity index (χ4n) is 2.16. The van der Waals surface area contributed by atoms with Gasteiger partial charge in [0.1, 0.15) is 11.1 Å². The van der Waals surface area contributed by atoms with Crippen molar-refractivity contribution in [2.24, 2.45) is 5.92 Å². The molecule has 0 saturated heterocycles. The second kappa shape index (κ2) is 7.53. The first kappa shape index (κ1) is 18.1. The second-order valence-electron chi connectivity index (χ2n) is 5.67. The van der Waals surface area contributed by atoms with Crippen molar-refractivity contribution in [3.8, 4) is 0 Å². The molecule has 7 heteroatoms. The Balaban J connectivity index is 2.38. The Hall–Kier alpha value is -2.28. The Kier molecular flexibility index (Phi) is 5.66. The third kappa shape index (κ3) is 4.17. The first-order valence-electron chi connectivity index (χ1n) is 7.49. The molecule has 0 fully saturated rings. The molecule has 0 radical (unpaired) electrons. The standard InChI is InChI=1S/C17H19FN2O3S/c1-12(2)17(21)20-11-16(13-4-3-9-19-10-13)24(22,23)15-7-5-14(18)6-8-15/h3-10,12,16H,11H2,1-2H3,(H,20,21)/t16-/m0/s1. The topological polar surface area (TPSA) is 76.1 Å². The summed E-state index contributed by atoms with van der Waals surface area (Å²) in [5.74, 6) is -1.01. The van der Waals surface area contributed by atoms with Gasteiger partial charge in [0.2, 0.25) is 5.91 Å². The Morgan fingerprint density at radius 3 is 2.42 bits per heavy atom. The number of aromatic nitrogens is 1. The van der Waals surface area contributed by atoms with Gasteiger partial charge in [-0.3, -0.25) is 9.78 Å². The smallest absolute Gasteiger partial charge is 0.222 e. The van der Waals surface area contributed by atoms with Crippen molar-refractivity contribution < 1.29 is 17.6 Å². The summed E-state index contributed by atoms with van der Waals surface area (Å²) in [5.41, 5.74) is 0.464. The van der Waals surface area contributed by atoms with Crippen molar-refractivity contribution in [2.75, 3.05) is 6.54 Å². The third-order valence-corrected chi connectivity index (χ3v) is 5.68. The molecule has 2 rings (SSSR count). The highest BCUT2D eigenvalue weighted by atomic mass is 32.2. The van der Waals surface area contributed by atoms with E-state index in [0.717, 1.165) is 12.1 Å². The van der Waals surface area contributed by atoms with Crippen molar-refractivity contribution in [2.45, 2.75) is 24.0 Å². The number of benzene rings is 1. The first-order valence-corrected chi connectivity index (χ1v) is 9.04. The van der Waals surface area contributed by atoms with E-state index >= 15 is 0 Å². The SMILES string of the molecule is CC(C)C(=O)NC[C@@H](c1cccnc1)S(=O)(=O)c1ccc(F)cc1. The maximum Gasteiger partial charge on any atom is 0.222 e. The fourth-order valence-corrected chi connectivity index (χ4v) is 3.80. The zero-order chi connectivity index (χ0) is 17.7. The molecule has 0 bridgehead atoms. The minimum absolute atomic E-state index is 0.00320. The normalized spacial score (nSPS) is 12.8. The van der Waals surface area contributed by atoms with Crippen LogP contribution < -0.4 is 5.32 Å². The predicted octanol–water partition coefficient (Wildman–Crippen LogP) is 2.51. The molecule has 0 aliphatic carbocycles. The highest BCUT2D eigenvalue weighted by molar-refractivity contribution is 7.91. The number of pyridine rings is 1. The van der Waals surface area contributed by atoms with Gasteiger partial charge >= 0.3 is 0 Å². The van der Waals surface area contributed by atoms with E-state index in [9.17, 15) is 17.6 Å². The van der Waals surface area contributed by atoms with Crippen LogP contribution in [0.3, 0.4) is 0 Å². The van der Waals surface area contributed by atoms with E-state index in [-0.39, 0.29) is 23.3 Å². The van der Waals surface area contributed by atoms with Crippen molar-refractivity contribution in [1.29, 1.82) is 0 Å². The van der Waals surface area contributed by atoms with E-state index in [1.54, 1.807) is 26.0 Å². The van der Waals surface area contributed by atoms with E-state index in [1.165, 1.54) is 24.5 Å². The summed E-state index contributed by atoms with van der Waals surface area (Å²) in [6, 6.07) is 7.91. The minimum atomic E-state index is -3.81.